The largest absolute Gasteiger partial charge is 0.481 e. The van der Waals surface area contributed by atoms with Crippen LogP contribution in [0.3, 0.4) is 0 Å². The van der Waals surface area contributed by atoms with Crippen LogP contribution in [0.1, 0.15) is 24.2 Å². The van der Waals surface area contributed by atoms with Crippen LogP contribution < -0.4 is 11.5 Å². The Balaban J connectivity index is 0. The number of nitrogens with two attached hydrogens (primary N) is 2. The molecule has 0 aliphatic carbocycles. The highest BCUT2D eigenvalue weighted by atomic mass is 16.4. The van der Waals surface area contributed by atoms with Crippen molar-refractivity contribution >= 4 is 17.7 Å². The van der Waals surface area contributed by atoms with Crippen molar-refractivity contribution in [3.8, 4) is 0 Å². The average Bonchev–Trinajstić information content (AvgIpc) is 2.17. The lowest BCUT2D eigenvalue weighted by Crippen LogP contribution is -2.20. The summed E-state index contributed by atoms with van der Waals surface area (Å²) < 4.78 is 0. The van der Waals surface area contributed by atoms with E-state index < -0.39 is 5.97 Å². The second-order valence-corrected chi connectivity index (χ2v) is 2.90. The lowest BCUT2D eigenvalue weighted by atomic mass is 10.2. The minimum absolute atomic E-state index is 0.121. The Hall–Kier alpha value is -2.37. The minimum atomic E-state index is -0.833. The summed E-state index contributed by atoms with van der Waals surface area (Å²) in [5.74, 6) is -1.05. The van der Waals surface area contributed by atoms with Gasteiger partial charge >= 0.3 is 0 Å². The van der Waals surface area contributed by atoms with Crippen LogP contribution in [0.5, 0.6) is 0 Å². The summed E-state index contributed by atoms with van der Waals surface area (Å²) in [4.78, 5) is 19.6. The van der Waals surface area contributed by atoms with E-state index >= 15 is 0 Å². The van der Waals surface area contributed by atoms with Gasteiger partial charge in [-0.25, -0.2) is 0 Å². The molecule has 0 unspecified atom stereocenters. The molecule has 94 valence electrons. The maximum atomic E-state index is 10.6. The Labute approximate surface area is 99.8 Å². The molecule has 1 rings (SSSR count). The highest BCUT2D eigenvalue weighted by Gasteiger charge is 1.92. The lowest BCUT2D eigenvalue weighted by molar-refractivity contribution is -0.134. The van der Waals surface area contributed by atoms with E-state index in [1.54, 1.807) is 6.92 Å². The molecule has 1 aromatic rings. The molecule has 0 aromatic heterocycles. The van der Waals surface area contributed by atoms with Crippen molar-refractivity contribution in [2.75, 3.05) is 0 Å². The molecule has 0 fully saturated rings. The summed E-state index contributed by atoms with van der Waals surface area (Å²) in [7, 11) is 0. The van der Waals surface area contributed by atoms with Crippen molar-refractivity contribution in [1.82, 2.24) is 0 Å². The fraction of sp³-hybridized carbons (Fsp3) is 0.182. The first-order valence-electron chi connectivity index (χ1n) is 4.62. The van der Waals surface area contributed by atoms with E-state index in [-0.39, 0.29) is 11.7 Å². The highest BCUT2D eigenvalue weighted by Crippen LogP contribution is 1.97. The number of benzene rings is 1. The molecule has 0 heterocycles. The number of nitrogens with one attached hydrogen (secondary N) is 1. The second kappa shape index (κ2) is 10.2. The number of guanidine groups is 1. The maximum Gasteiger partial charge on any atom is 0.300 e. The molecule has 0 saturated carbocycles. The number of Topliss-reactive ketones (excluding diaryl/α,β-unsaturated/α-hetero) is 1. The average molecular weight is 239 g/mol. The van der Waals surface area contributed by atoms with Gasteiger partial charge in [0.25, 0.3) is 5.97 Å². The molecule has 0 bridgehead atoms. The van der Waals surface area contributed by atoms with E-state index in [1.807, 2.05) is 30.3 Å². The summed E-state index contributed by atoms with van der Waals surface area (Å²) in [5.41, 5.74) is 9.72. The topological polar surface area (TPSA) is 130 Å². The Morgan fingerprint density at radius 3 is 1.59 bits per heavy atom. The molecule has 0 aliphatic rings. The number of aliphatic carboxylic acids is 1. The second-order valence-electron chi connectivity index (χ2n) is 2.90. The number of ketones is 1. The van der Waals surface area contributed by atoms with Gasteiger partial charge < -0.3 is 16.6 Å². The Morgan fingerprint density at radius 1 is 1.12 bits per heavy atom. The molecule has 0 amide bonds. The number of carbonyl (C=O) groups is 2. The van der Waals surface area contributed by atoms with Crippen LogP contribution in [0, 0.1) is 5.41 Å². The maximum absolute atomic E-state index is 10.6. The first kappa shape index (κ1) is 17.0. The van der Waals surface area contributed by atoms with Gasteiger partial charge in [-0.05, 0) is 6.92 Å². The van der Waals surface area contributed by atoms with Crippen LogP contribution in [-0.4, -0.2) is 22.8 Å². The highest BCUT2D eigenvalue weighted by molar-refractivity contribution is 5.93. The van der Waals surface area contributed by atoms with Crippen molar-refractivity contribution in [3.63, 3.8) is 0 Å². The lowest BCUT2D eigenvalue weighted by Gasteiger charge is -1.89. The molecular weight excluding hydrogens is 222 g/mol. The van der Waals surface area contributed by atoms with Crippen molar-refractivity contribution in [1.29, 1.82) is 5.41 Å². The standard InChI is InChI=1S/C8H8O.C2H4O2.CH5N3/c1-7(9)8-5-3-2-4-6-8;1-2(3)4;2-1(3)4/h2-6H,1H3;1H3,(H,3,4);(H5,2,3,4). The first-order chi connectivity index (χ1) is 7.77. The number of rotatable bonds is 1. The number of carbonyl (C=O) groups excluding carboxylic acids is 1. The third-order valence-corrected chi connectivity index (χ3v) is 1.18. The first-order valence-corrected chi connectivity index (χ1v) is 4.62. The molecule has 0 spiro atoms. The molecule has 6 nitrogen and oxygen atoms in total. The Bertz CT molecular complexity index is 343. The predicted molar refractivity (Wildman–Crippen MR) is 65.9 cm³/mol. The number of carboxylic acid groups (broad SMARTS) is 1. The number of hydrogen-bond donors (Lipinski definition) is 4. The molecule has 17 heavy (non-hydrogen) atoms. The van der Waals surface area contributed by atoms with E-state index in [1.165, 1.54) is 0 Å². The van der Waals surface area contributed by atoms with Crippen LogP contribution in [0.2, 0.25) is 0 Å². The van der Waals surface area contributed by atoms with Crippen LogP contribution in [-0.2, 0) is 4.79 Å². The SMILES string of the molecule is CC(=O)O.CC(=O)c1ccccc1.N=C(N)N. The molecule has 0 atom stereocenters. The fourth-order valence-electron chi connectivity index (χ4n) is 0.673. The van der Waals surface area contributed by atoms with Crippen LogP contribution in [0.15, 0.2) is 30.3 Å². The van der Waals surface area contributed by atoms with Gasteiger partial charge in [0, 0.05) is 12.5 Å². The van der Waals surface area contributed by atoms with E-state index in [2.05, 4.69) is 11.5 Å². The summed E-state index contributed by atoms with van der Waals surface area (Å²) >= 11 is 0. The van der Waals surface area contributed by atoms with Crippen molar-refractivity contribution < 1.29 is 14.7 Å². The number of hydrogen-bond acceptors (Lipinski definition) is 3. The predicted octanol–water partition coefficient (Wildman–Crippen LogP) is 0.819. The van der Waals surface area contributed by atoms with Gasteiger partial charge in [0.15, 0.2) is 11.7 Å². The summed E-state index contributed by atoms with van der Waals surface area (Å²) in [5, 5.41) is 13.5. The van der Waals surface area contributed by atoms with Crippen molar-refractivity contribution in [2.45, 2.75) is 13.8 Å². The van der Waals surface area contributed by atoms with Gasteiger partial charge in [-0.2, -0.15) is 0 Å². The van der Waals surface area contributed by atoms with Crippen LogP contribution in [0.4, 0.5) is 0 Å². The molecule has 0 aliphatic heterocycles. The van der Waals surface area contributed by atoms with Gasteiger partial charge in [-0.15, -0.1) is 0 Å². The molecule has 0 radical (unpaired) electrons. The quantitative estimate of drug-likeness (QED) is 0.327. The van der Waals surface area contributed by atoms with E-state index in [0.29, 0.717) is 0 Å². The minimum Gasteiger partial charge on any atom is -0.481 e. The van der Waals surface area contributed by atoms with Crippen LogP contribution in [0.25, 0.3) is 0 Å². The van der Waals surface area contributed by atoms with Crippen molar-refractivity contribution in [3.05, 3.63) is 35.9 Å². The van der Waals surface area contributed by atoms with Gasteiger partial charge in [0.2, 0.25) is 0 Å². The van der Waals surface area contributed by atoms with Crippen molar-refractivity contribution in [2.24, 2.45) is 11.5 Å². The van der Waals surface area contributed by atoms with E-state index in [0.717, 1.165) is 12.5 Å². The molecular formula is C11H17N3O3. The van der Waals surface area contributed by atoms with E-state index in [4.69, 9.17) is 15.3 Å². The van der Waals surface area contributed by atoms with Crippen LogP contribution >= 0.6 is 0 Å². The van der Waals surface area contributed by atoms with Gasteiger partial charge in [0.1, 0.15) is 0 Å². The third kappa shape index (κ3) is 19.9. The monoisotopic (exact) mass is 239 g/mol. The Morgan fingerprint density at radius 2 is 1.41 bits per heavy atom. The molecule has 6 heteroatoms. The van der Waals surface area contributed by atoms with Gasteiger partial charge in [-0.1, -0.05) is 30.3 Å². The smallest absolute Gasteiger partial charge is 0.300 e. The molecule has 1 aromatic carbocycles. The zero-order chi connectivity index (χ0) is 13.8. The molecule has 0 saturated heterocycles. The van der Waals surface area contributed by atoms with Gasteiger partial charge in [0.05, 0.1) is 0 Å². The summed E-state index contributed by atoms with van der Waals surface area (Å²) in [6.07, 6.45) is 0. The summed E-state index contributed by atoms with van der Waals surface area (Å²) in [6, 6.07) is 9.23. The number of carboxylic acids is 1. The van der Waals surface area contributed by atoms with E-state index in [9.17, 15) is 4.79 Å². The summed E-state index contributed by atoms with van der Waals surface area (Å²) in [6.45, 7) is 2.65. The third-order valence-electron chi connectivity index (χ3n) is 1.18. The Kier molecular flexibility index (Phi) is 10.2. The van der Waals surface area contributed by atoms with Gasteiger partial charge in [-0.3, -0.25) is 15.0 Å². The fourth-order valence-corrected chi connectivity index (χ4v) is 0.673. The zero-order valence-electron chi connectivity index (χ0n) is 9.81. The molecule has 6 N–H and O–H groups in total. The zero-order valence-corrected chi connectivity index (χ0v) is 9.81. The normalized spacial score (nSPS) is 7.65.